The van der Waals surface area contributed by atoms with E-state index in [2.05, 4.69) is 5.32 Å². The molecule has 1 aromatic carbocycles. The molecule has 0 atom stereocenters. The van der Waals surface area contributed by atoms with Crippen LogP contribution < -0.4 is 10.1 Å². The lowest BCUT2D eigenvalue weighted by molar-refractivity contribution is 0.0152. The van der Waals surface area contributed by atoms with Crippen molar-refractivity contribution in [2.75, 3.05) is 33.5 Å². The molecular formula is C24H30FN3O5. The van der Waals surface area contributed by atoms with Crippen LogP contribution in [-0.2, 0) is 28.9 Å². The molecule has 3 heterocycles. The smallest absolute Gasteiger partial charge is 0.341 e. The van der Waals surface area contributed by atoms with Crippen LogP contribution in [0.25, 0.3) is 0 Å². The zero-order valence-corrected chi connectivity index (χ0v) is 19.1. The fourth-order valence-electron chi connectivity index (χ4n) is 4.64. The zero-order valence-electron chi connectivity index (χ0n) is 19.1. The number of carbonyl (C=O) groups is 2. The fraction of sp³-hybridized carbons (Fsp3) is 0.542. The molecule has 8 nitrogen and oxygen atoms in total. The minimum atomic E-state index is -0.736. The molecule has 9 heteroatoms. The van der Waals surface area contributed by atoms with Gasteiger partial charge in [0.2, 0.25) is 0 Å². The first-order valence-corrected chi connectivity index (χ1v) is 11.4. The number of halogens is 1. The van der Waals surface area contributed by atoms with E-state index in [-0.39, 0.29) is 29.2 Å². The third-order valence-corrected chi connectivity index (χ3v) is 6.56. The van der Waals surface area contributed by atoms with Gasteiger partial charge >= 0.3 is 5.97 Å². The highest BCUT2D eigenvalue weighted by atomic mass is 19.1. The molecule has 4 rings (SSSR count). The number of aryl methyl sites for hydroxylation is 2. The minimum Gasteiger partial charge on any atom is -0.494 e. The van der Waals surface area contributed by atoms with E-state index < -0.39 is 11.8 Å². The number of esters is 1. The number of ether oxygens (including phenoxy) is 3. The molecule has 1 fully saturated rings. The molecule has 1 N–H and O–H groups in total. The third-order valence-electron chi connectivity index (χ3n) is 6.56. The van der Waals surface area contributed by atoms with Gasteiger partial charge < -0.3 is 19.5 Å². The van der Waals surface area contributed by atoms with Gasteiger partial charge in [-0.05, 0) is 43.2 Å². The first-order chi connectivity index (χ1) is 16.0. The molecule has 2 aromatic rings. The van der Waals surface area contributed by atoms with Crippen molar-refractivity contribution in [2.45, 2.75) is 45.6 Å². The molecule has 0 unspecified atom stereocenters. The average Bonchev–Trinajstić information content (AvgIpc) is 3.10. The van der Waals surface area contributed by atoms with E-state index in [0.717, 1.165) is 30.7 Å². The molecule has 2 aliphatic rings. The molecule has 0 bridgehead atoms. The quantitative estimate of drug-likeness (QED) is 0.506. The Morgan fingerprint density at radius 1 is 1.33 bits per heavy atom. The number of aromatic nitrogens is 2. The van der Waals surface area contributed by atoms with Gasteiger partial charge in [-0.3, -0.25) is 9.48 Å². The molecule has 33 heavy (non-hydrogen) atoms. The van der Waals surface area contributed by atoms with Gasteiger partial charge in [0.05, 0.1) is 36.2 Å². The number of hydrogen-bond acceptors (Lipinski definition) is 6. The van der Waals surface area contributed by atoms with Crippen molar-refractivity contribution in [3.8, 4) is 5.75 Å². The number of methoxy groups -OCH3 is 1. The molecule has 1 saturated heterocycles. The van der Waals surface area contributed by atoms with Crippen LogP contribution >= 0.6 is 0 Å². The summed E-state index contributed by atoms with van der Waals surface area (Å²) in [4.78, 5) is 25.2. The Morgan fingerprint density at radius 2 is 2.12 bits per heavy atom. The van der Waals surface area contributed by atoms with Gasteiger partial charge in [0, 0.05) is 32.7 Å². The molecule has 178 valence electrons. The number of carbonyl (C=O) groups excluding carboxylic acids is 2. The second kappa shape index (κ2) is 9.91. The van der Waals surface area contributed by atoms with Gasteiger partial charge in [-0.1, -0.05) is 13.0 Å². The van der Waals surface area contributed by atoms with Gasteiger partial charge in [-0.25, -0.2) is 9.18 Å². The predicted octanol–water partition coefficient (Wildman–Crippen LogP) is 2.92. The van der Waals surface area contributed by atoms with Crippen LogP contribution in [0, 0.1) is 11.2 Å². The van der Waals surface area contributed by atoms with Gasteiger partial charge in [0.15, 0.2) is 11.6 Å². The van der Waals surface area contributed by atoms with Crippen LogP contribution in [0.1, 0.15) is 58.3 Å². The standard InChI is InChI=1S/C24H30FN3O5/c1-3-17-20-18(14-24(15-26-22(20)29)8-12-32-13-9-24)28(27-17)10-5-11-33-23(30)16-6-4-7-19(31-2)21(16)25/h4,6-7H,3,5,8-15H2,1-2H3,(H,26,29). The molecule has 0 radical (unpaired) electrons. The van der Waals surface area contributed by atoms with Crippen molar-refractivity contribution in [2.24, 2.45) is 5.41 Å². The van der Waals surface area contributed by atoms with E-state index >= 15 is 0 Å². The van der Waals surface area contributed by atoms with Crippen molar-refractivity contribution in [3.63, 3.8) is 0 Å². The topological polar surface area (TPSA) is 91.7 Å². The number of nitrogens with zero attached hydrogens (tertiary/aromatic N) is 2. The van der Waals surface area contributed by atoms with E-state index in [9.17, 15) is 14.0 Å². The summed E-state index contributed by atoms with van der Waals surface area (Å²) in [5.74, 6) is -1.55. The maximum atomic E-state index is 14.3. The van der Waals surface area contributed by atoms with Gasteiger partial charge in [0.25, 0.3) is 5.91 Å². The highest BCUT2D eigenvalue weighted by Gasteiger charge is 2.39. The number of fused-ring (bicyclic) bond motifs is 1. The van der Waals surface area contributed by atoms with Gasteiger partial charge in [-0.2, -0.15) is 5.10 Å². The van der Waals surface area contributed by atoms with Crippen molar-refractivity contribution >= 4 is 11.9 Å². The number of hydrogen-bond donors (Lipinski definition) is 1. The number of amides is 1. The molecular weight excluding hydrogens is 429 g/mol. The molecule has 0 saturated carbocycles. The van der Waals surface area contributed by atoms with E-state index in [0.29, 0.717) is 44.7 Å². The van der Waals surface area contributed by atoms with Crippen LogP contribution in [0.15, 0.2) is 18.2 Å². The lowest BCUT2D eigenvalue weighted by Gasteiger charge is -2.36. The second-order valence-corrected chi connectivity index (χ2v) is 8.63. The van der Waals surface area contributed by atoms with Gasteiger partial charge in [0.1, 0.15) is 0 Å². The Morgan fingerprint density at radius 3 is 2.85 bits per heavy atom. The largest absolute Gasteiger partial charge is 0.494 e. The van der Waals surface area contributed by atoms with E-state index in [1.807, 2.05) is 11.6 Å². The summed E-state index contributed by atoms with van der Waals surface area (Å²) in [6.07, 6.45) is 3.69. The first kappa shape index (κ1) is 23.2. The minimum absolute atomic E-state index is 0.00361. The predicted molar refractivity (Wildman–Crippen MR) is 118 cm³/mol. The van der Waals surface area contributed by atoms with E-state index in [1.165, 1.54) is 19.2 Å². The second-order valence-electron chi connectivity index (χ2n) is 8.63. The Balaban J connectivity index is 1.45. The van der Waals surface area contributed by atoms with Crippen molar-refractivity contribution in [1.29, 1.82) is 0 Å². The summed E-state index contributed by atoms with van der Waals surface area (Å²) in [5, 5.41) is 7.80. The van der Waals surface area contributed by atoms with E-state index in [1.54, 1.807) is 6.07 Å². The lowest BCUT2D eigenvalue weighted by atomic mass is 9.76. The normalized spacial score (nSPS) is 17.2. The Labute approximate surface area is 192 Å². The van der Waals surface area contributed by atoms with Crippen LogP contribution in [0.2, 0.25) is 0 Å². The summed E-state index contributed by atoms with van der Waals surface area (Å²) in [5.41, 5.74) is 2.21. The van der Waals surface area contributed by atoms with Crippen LogP contribution in [0.3, 0.4) is 0 Å². The van der Waals surface area contributed by atoms with Crippen molar-refractivity contribution in [1.82, 2.24) is 15.1 Å². The SMILES string of the molecule is CCc1nn(CCCOC(=O)c2cccc(OC)c2F)c2c1C(=O)NCC1(CCOCC1)C2. The van der Waals surface area contributed by atoms with E-state index in [4.69, 9.17) is 19.3 Å². The maximum Gasteiger partial charge on any atom is 0.341 e. The van der Waals surface area contributed by atoms with Gasteiger partial charge in [-0.15, -0.1) is 0 Å². The summed E-state index contributed by atoms with van der Waals surface area (Å²) >= 11 is 0. The molecule has 0 aliphatic carbocycles. The first-order valence-electron chi connectivity index (χ1n) is 11.4. The van der Waals surface area contributed by atoms with Crippen molar-refractivity contribution in [3.05, 3.63) is 46.5 Å². The maximum absolute atomic E-state index is 14.3. The fourth-order valence-corrected chi connectivity index (χ4v) is 4.64. The zero-order chi connectivity index (χ0) is 23.4. The summed E-state index contributed by atoms with van der Waals surface area (Å²) in [6.45, 7) is 4.61. The number of nitrogens with one attached hydrogen (secondary N) is 1. The number of rotatable bonds is 7. The molecule has 1 aromatic heterocycles. The highest BCUT2D eigenvalue weighted by molar-refractivity contribution is 5.97. The average molecular weight is 460 g/mol. The Bertz CT molecular complexity index is 1030. The Hall–Kier alpha value is -2.94. The van der Waals surface area contributed by atoms with Crippen LogP contribution in [0.4, 0.5) is 4.39 Å². The monoisotopic (exact) mass is 459 g/mol. The highest BCUT2D eigenvalue weighted by Crippen LogP contribution is 2.37. The summed E-state index contributed by atoms with van der Waals surface area (Å²) in [6, 6.07) is 4.36. The molecule has 1 amide bonds. The summed E-state index contributed by atoms with van der Waals surface area (Å²) < 4.78 is 31.9. The number of benzene rings is 1. The molecule has 2 aliphatic heterocycles. The van der Waals surface area contributed by atoms with Crippen LogP contribution in [0.5, 0.6) is 5.75 Å². The Kier molecular flexibility index (Phi) is 6.97. The third kappa shape index (κ3) is 4.73. The van der Waals surface area contributed by atoms with Crippen molar-refractivity contribution < 1.29 is 28.2 Å². The van der Waals surface area contributed by atoms with Crippen LogP contribution in [-0.4, -0.2) is 55.1 Å². The molecule has 1 spiro atoms. The lowest BCUT2D eigenvalue weighted by Crippen LogP contribution is -2.40. The summed E-state index contributed by atoms with van der Waals surface area (Å²) in [7, 11) is 1.34.